The first-order valence-electron chi connectivity index (χ1n) is 9.16. The number of amides is 1. The molecule has 0 aliphatic carbocycles. The summed E-state index contributed by atoms with van der Waals surface area (Å²) in [4.78, 5) is 18.0. The van der Waals surface area contributed by atoms with Crippen LogP contribution >= 0.6 is 0 Å². The van der Waals surface area contributed by atoms with Crippen molar-refractivity contribution in [1.82, 2.24) is 15.5 Å². The highest BCUT2D eigenvalue weighted by Gasteiger charge is 2.20. The summed E-state index contributed by atoms with van der Waals surface area (Å²) >= 11 is 0. The Hall–Kier alpha value is -2.08. The van der Waals surface area contributed by atoms with E-state index in [-0.39, 0.29) is 5.91 Å². The molecule has 6 nitrogen and oxygen atoms in total. The quantitative estimate of drug-likeness (QED) is 0.608. The Morgan fingerprint density at radius 2 is 2.20 bits per heavy atom. The van der Waals surface area contributed by atoms with Crippen LogP contribution in [0.4, 0.5) is 0 Å². The molecule has 0 bridgehead atoms. The summed E-state index contributed by atoms with van der Waals surface area (Å²) in [6, 6.07) is 8.39. The molecule has 2 fully saturated rings. The highest BCUT2D eigenvalue weighted by molar-refractivity contribution is 5.79. The zero-order chi connectivity index (χ0) is 17.5. The van der Waals surface area contributed by atoms with Crippen molar-refractivity contribution in [1.29, 1.82) is 0 Å². The Kier molecular flexibility index (Phi) is 6.28. The highest BCUT2D eigenvalue weighted by Crippen LogP contribution is 2.15. The third kappa shape index (κ3) is 5.19. The van der Waals surface area contributed by atoms with Gasteiger partial charge in [0.05, 0.1) is 6.10 Å². The molecule has 1 aromatic rings. The van der Waals surface area contributed by atoms with E-state index in [1.165, 1.54) is 11.1 Å². The Labute approximate surface area is 149 Å². The molecule has 0 aromatic heterocycles. The second kappa shape index (κ2) is 8.85. The normalized spacial score (nSPS) is 21.0. The lowest BCUT2D eigenvalue weighted by molar-refractivity contribution is -0.128. The molecule has 25 heavy (non-hydrogen) atoms. The number of rotatable bonds is 6. The van der Waals surface area contributed by atoms with Crippen LogP contribution in [0.25, 0.3) is 0 Å². The van der Waals surface area contributed by atoms with E-state index in [0.717, 1.165) is 44.9 Å². The number of nitrogens with one attached hydrogen (secondary N) is 2. The molecule has 2 aliphatic rings. The van der Waals surface area contributed by atoms with Crippen LogP contribution in [0.5, 0.6) is 0 Å². The van der Waals surface area contributed by atoms with E-state index in [1.807, 2.05) is 4.90 Å². The number of hydrogen-bond acceptors (Lipinski definition) is 3. The van der Waals surface area contributed by atoms with Crippen LogP contribution in [0.3, 0.4) is 0 Å². The van der Waals surface area contributed by atoms with Crippen LogP contribution in [0, 0.1) is 0 Å². The van der Waals surface area contributed by atoms with Gasteiger partial charge in [-0.15, -0.1) is 0 Å². The highest BCUT2D eigenvalue weighted by atomic mass is 16.5. The van der Waals surface area contributed by atoms with Gasteiger partial charge >= 0.3 is 0 Å². The van der Waals surface area contributed by atoms with Gasteiger partial charge in [-0.3, -0.25) is 9.79 Å². The molecule has 0 radical (unpaired) electrons. The average molecular weight is 344 g/mol. The van der Waals surface area contributed by atoms with E-state index in [0.29, 0.717) is 25.6 Å². The number of ether oxygens (including phenoxy) is 1. The smallest absolute Gasteiger partial charge is 0.222 e. The Morgan fingerprint density at radius 1 is 1.32 bits per heavy atom. The number of nitrogens with zero attached hydrogens (tertiary/aromatic N) is 2. The summed E-state index contributed by atoms with van der Waals surface area (Å²) in [7, 11) is 1.78. The van der Waals surface area contributed by atoms with Gasteiger partial charge in [-0.05, 0) is 30.4 Å². The topological polar surface area (TPSA) is 66.0 Å². The maximum absolute atomic E-state index is 11.8. The second-order valence-corrected chi connectivity index (χ2v) is 6.68. The first kappa shape index (κ1) is 17.7. The van der Waals surface area contributed by atoms with Gasteiger partial charge in [-0.2, -0.15) is 0 Å². The van der Waals surface area contributed by atoms with E-state index in [9.17, 15) is 4.79 Å². The van der Waals surface area contributed by atoms with Crippen molar-refractivity contribution >= 4 is 11.9 Å². The Morgan fingerprint density at radius 3 is 2.92 bits per heavy atom. The van der Waals surface area contributed by atoms with Gasteiger partial charge < -0.3 is 20.3 Å². The van der Waals surface area contributed by atoms with Crippen LogP contribution in [0.1, 0.15) is 36.8 Å². The molecular weight excluding hydrogens is 316 g/mol. The maximum atomic E-state index is 11.8. The third-order valence-corrected chi connectivity index (χ3v) is 4.74. The third-order valence-electron chi connectivity index (χ3n) is 4.74. The largest absolute Gasteiger partial charge is 0.376 e. The lowest BCUT2D eigenvalue weighted by atomic mass is 10.1. The van der Waals surface area contributed by atoms with Crippen molar-refractivity contribution in [3.8, 4) is 0 Å². The van der Waals surface area contributed by atoms with Crippen LogP contribution in [-0.4, -0.2) is 49.6 Å². The van der Waals surface area contributed by atoms with E-state index in [4.69, 9.17) is 4.74 Å². The SMILES string of the molecule is CN=C(NCc1cccc(CN2CCCC2=O)c1)NCC1CCCO1. The van der Waals surface area contributed by atoms with Crippen molar-refractivity contribution in [3.63, 3.8) is 0 Å². The van der Waals surface area contributed by atoms with Gasteiger partial charge in [0.1, 0.15) is 0 Å². The van der Waals surface area contributed by atoms with Crippen LogP contribution in [0.15, 0.2) is 29.3 Å². The lowest BCUT2D eigenvalue weighted by Crippen LogP contribution is -2.40. The van der Waals surface area contributed by atoms with Crippen molar-refractivity contribution < 1.29 is 9.53 Å². The minimum absolute atomic E-state index is 0.266. The van der Waals surface area contributed by atoms with Crippen molar-refractivity contribution in [2.75, 3.05) is 26.7 Å². The number of likely N-dealkylation sites (tertiary alicyclic amines) is 1. The number of carbonyl (C=O) groups is 1. The molecule has 2 aliphatic heterocycles. The molecule has 1 aromatic carbocycles. The first-order valence-corrected chi connectivity index (χ1v) is 9.16. The van der Waals surface area contributed by atoms with Crippen LogP contribution in [0.2, 0.25) is 0 Å². The van der Waals surface area contributed by atoms with Crippen molar-refractivity contribution in [2.45, 2.75) is 44.9 Å². The summed E-state index contributed by atoms with van der Waals surface area (Å²) in [5.41, 5.74) is 2.36. The molecule has 2 saturated heterocycles. The minimum Gasteiger partial charge on any atom is -0.376 e. The number of benzene rings is 1. The standard InChI is InChI=1S/C19H28N4O2/c1-20-19(22-13-17-7-4-10-25-17)21-12-15-5-2-6-16(11-15)14-23-9-3-8-18(23)24/h2,5-6,11,17H,3-4,7-10,12-14H2,1H3,(H2,20,21,22). The zero-order valence-corrected chi connectivity index (χ0v) is 15.0. The molecule has 0 saturated carbocycles. The molecule has 1 atom stereocenters. The summed E-state index contributed by atoms with van der Waals surface area (Å²) in [6.45, 7) is 3.94. The number of aliphatic imine (C=N–C) groups is 1. The van der Waals surface area contributed by atoms with Gasteiger partial charge in [0.2, 0.25) is 5.91 Å². The number of hydrogen-bond donors (Lipinski definition) is 2. The number of carbonyl (C=O) groups excluding carboxylic acids is 1. The van der Waals surface area contributed by atoms with E-state index >= 15 is 0 Å². The van der Waals surface area contributed by atoms with Gasteiger partial charge in [0, 0.05) is 46.3 Å². The summed E-state index contributed by atoms with van der Waals surface area (Å²) in [6.07, 6.45) is 4.21. The molecule has 0 spiro atoms. The molecule has 6 heteroatoms. The Balaban J connectivity index is 1.48. The Bertz CT molecular complexity index is 611. The average Bonchev–Trinajstić information content (AvgIpc) is 3.28. The van der Waals surface area contributed by atoms with E-state index in [1.54, 1.807) is 7.05 Å². The predicted octanol–water partition coefficient (Wildman–Crippen LogP) is 1.65. The molecule has 136 valence electrons. The second-order valence-electron chi connectivity index (χ2n) is 6.68. The zero-order valence-electron chi connectivity index (χ0n) is 15.0. The summed E-state index contributed by atoms with van der Waals surface area (Å²) in [5, 5.41) is 6.66. The number of guanidine groups is 1. The fourth-order valence-electron chi connectivity index (χ4n) is 3.35. The molecule has 3 rings (SSSR count). The summed E-state index contributed by atoms with van der Waals surface area (Å²) < 4.78 is 5.62. The van der Waals surface area contributed by atoms with Crippen LogP contribution in [-0.2, 0) is 22.6 Å². The molecule has 2 heterocycles. The van der Waals surface area contributed by atoms with E-state index in [2.05, 4.69) is 39.9 Å². The van der Waals surface area contributed by atoms with Gasteiger partial charge in [0.25, 0.3) is 0 Å². The summed E-state index contributed by atoms with van der Waals surface area (Å²) in [5.74, 6) is 1.05. The van der Waals surface area contributed by atoms with Crippen LogP contribution < -0.4 is 10.6 Å². The molecule has 1 amide bonds. The fourth-order valence-corrected chi connectivity index (χ4v) is 3.35. The van der Waals surface area contributed by atoms with Gasteiger partial charge in [-0.1, -0.05) is 24.3 Å². The molecule has 2 N–H and O–H groups in total. The predicted molar refractivity (Wildman–Crippen MR) is 98.3 cm³/mol. The van der Waals surface area contributed by atoms with Crippen molar-refractivity contribution in [3.05, 3.63) is 35.4 Å². The van der Waals surface area contributed by atoms with Gasteiger partial charge in [-0.25, -0.2) is 0 Å². The monoisotopic (exact) mass is 344 g/mol. The maximum Gasteiger partial charge on any atom is 0.222 e. The first-order chi connectivity index (χ1) is 12.2. The van der Waals surface area contributed by atoms with Crippen molar-refractivity contribution in [2.24, 2.45) is 4.99 Å². The minimum atomic E-state index is 0.266. The van der Waals surface area contributed by atoms with E-state index < -0.39 is 0 Å². The molecule has 1 unspecified atom stereocenters. The fraction of sp³-hybridized carbons (Fsp3) is 0.579. The molecular formula is C19H28N4O2. The lowest BCUT2D eigenvalue weighted by Gasteiger charge is -2.17. The van der Waals surface area contributed by atoms with Gasteiger partial charge in [0.15, 0.2) is 5.96 Å².